The fraction of sp³-hybridized carbons (Fsp3) is 0.600. The van der Waals surface area contributed by atoms with Crippen LogP contribution in [0.4, 0.5) is 5.69 Å². The summed E-state index contributed by atoms with van der Waals surface area (Å²) in [6.45, 7) is 0.886. The molecular formula is C15H21N3O. The molecule has 1 saturated carbocycles. The van der Waals surface area contributed by atoms with E-state index in [9.17, 15) is 5.11 Å². The molecule has 0 spiro atoms. The number of nitrogens with one attached hydrogen (secondary N) is 1. The van der Waals surface area contributed by atoms with Crippen molar-refractivity contribution in [1.82, 2.24) is 4.98 Å². The summed E-state index contributed by atoms with van der Waals surface area (Å²) in [6.07, 6.45) is 8.30. The fourth-order valence-electron chi connectivity index (χ4n) is 2.69. The maximum atomic E-state index is 9.88. The Hall–Kier alpha value is -1.60. The summed E-state index contributed by atoms with van der Waals surface area (Å²) in [4.78, 5) is 4.01. The van der Waals surface area contributed by atoms with E-state index in [0.29, 0.717) is 11.6 Å². The highest BCUT2D eigenvalue weighted by Crippen LogP contribution is 2.27. The van der Waals surface area contributed by atoms with Gasteiger partial charge in [0.2, 0.25) is 0 Å². The van der Waals surface area contributed by atoms with Crippen molar-refractivity contribution in [2.24, 2.45) is 5.92 Å². The van der Waals surface area contributed by atoms with Gasteiger partial charge in [0.15, 0.2) is 0 Å². The van der Waals surface area contributed by atoms with Gasteiger partial charge in [0.25, 0.3) is 0 Å². The molecule has 4 nitrogen and oxygen atoms in total. The summed E-state index contributed by atoms with van der Waals surface area (Å²) < 4.78 is 0. The van der Waals surface area contributed by atoms with Crippen LogP contribution in [0.1, 0.15) is 44.2 Å². The molecule has 1 heterocycles. The minimum Gasteiger partial charge on any atom is -0.393 e. The third-order valence-corrected chi connectivity index (χ3v) is 3.83. The lowest BCUT2D eigenvalue weighted by Gasteiger charge is -2.27. The Morgan fingerprint density at radius 1 is 1.37 bits per heavy atom. The number of aliphatic hydroxyl groups is 1. The predicted molar refractivity (Wildman–Crippen MR) is 74.6 cm³/mol. The molecule has 19 heavy (non-hydrogen) atoms. The molecule has 0 radical (unpaired) electrons. The predicted octanol–water partition coefficient (Wildman–Crippen LogP) is 2.70. The van der Waals surface area contributed by atoms with Crippen molar-refractivity contribution in [3.05, 3.63) is 24.0 Å². The third-order valence-electron chi connectivity index (χ3n) is 3.83. The average Bonchev–Trinajstić information content (AvgIpc) is 2.46. The topological polar surface area (TPSA) is 68.9 Å². The van der Waals surface area contributed by atoms with E-state index in [-0.39, 0.29) is 6.10 Å². The first-order chi connectivity index (χ1) is 9.29. The molecule has 2 unspecified atom stereocenters. The Labute approximate surface area is 114 Å². The van der Waals surface area contributed by atoms with Gasteiger partial charge in [-0.15, -0.1) is 0 Å². The van der Waals surface area contributed by atoms with Crippen molar-refractivity contribution in [1.29, 1.82) is 5.26 Å². The molecule has 2 rings (SSSR count). The van der Waals surface area contributed by atoms with Crippen LogP contribution in [0.25, 0.3) is 0 Å². The molecule has 0 saturated heterocycles. The number of pyridine rings is 1. The maximum absolute atomic E-state index is 9.88. The van der Waals surface area contributed by atoms with E-state index >= 15 is 0 Å². The van der Waals surface area contributed by atoms with Gasteiger partial charge in [-0.2, -0.15) is 5.26 Å². The first kappa shape index (κ1) is 13.8. The maximum Gasteiger partial charge on any atom is 0.140 e. The smallest absolute Gasteiger partial charge is 0.140 e. The zero-order valence-electron chi connectivity index (χ0n) is 11.2. The van der Waals surface area contributed by atoms with Crippen molar-refractivity contribution >= 4 is 5.69 Å². The van der Waals surface area contributed by atoms with Crippen molar-refractivity contribution in [3.63, 3.8) is 0 Å². The number of nitrogens with zero attached hydrogens (tertiary/aromatic N) is 2. The zero-order chi connectivity index (χ0) is 13.5. The molecule has 0 aromatic carbocycles. The fourth-order valence-corrected chi connectivity index (χ4v) is 2.69. The minimum absolute atomic E-state index is 0.0923. The number of anilines is 1. The largest absolute Gasteiger partial charge is 0.393 e. The highest BCUT2D eigenvalue weighted by Gasteiger charge is 2.21. The van der Waals surface area contributed by atoms with Gasteiger partial charge in [-0.3, -0.25) is 0 Å². The van der Waals surface area contributed by atoms with Crippen LogP contribution in [0, 0.1) is 17.2 Å². The van der Waals surface area contributed by atoms with E-state index in [1.54, 1.807) is 12.3 Å². The second-order valence-corrected chi connectivity index (χ2v) is 5.22. The number of rotatable bonds is 5. The quantitative estimate of drug-likeness (QED) is 0.798. The van der Waals surface area contributed by atoms with Gasteiger partial charge >= 0.3 is 0 Å². The second kappa shape index (κ2) is 7.10. The van der Waals surface area contributed by atoms with Crippen molar-refractivity contribution < 1.29 is 5.11 Å². The van der Waals surface area contributed by atoms with Gasteiger partial charge in [0, 0.05) is 6.54 Å². The SMILES string of the molecule is N#Cc1ccc(NCCCC2CCCCC2O)cn1. The van der Waals surface area contributed by atoms with Crippen LogP contribution in [-0.4, -0.2) is 22.7 Å². The first-order valence-electron chi connectivity index (χ1n) is 7.07. The Morgan fingerprint density at radius 3 is 2.89 bits per heavy atom. The van der Waals surface area contributed by atoms with Crippen LogP contribution >= 0.6 is 0 Å². The van der Waals surface area contributed by atoms with E-state index in [0.717, 1.165) is 31.5 Å². The molecule has 2 atom stereocenters. The first-order valence-corrected chi connectivity index (χ1v) is 7.07. The van der Waals surface area contributed by atoms with Crippen molar-refractivity contribution in [3.8, 4) is 6.07 Å². The standard InChI is InChI=1S/C15H21N3O/c16-10-13-7-8-14(11-18-13)17-9-3-5-12-4-1-2-6-15(12)19/h7-8,11-12,15,17,19H,1-6,9H2. The Balaban J connectivity index is 1.67. The van der Waals surface area contributed by atoms with Crippen LogP contribution in [0.2, 0.25) is 0 Å². The summed E-state index contributed by atoms with van der Waals surface area (Å²) in [5.41, 5.74) is 1.39. The van der Waals surface area contributed by atoms with E-state index in [1.807, 2.05) is 12.1 Å². The highest BCUT2D eigenvalue weighted by atomic mass is 16.3. The summed E-state index contributed by atoms with van der Waals surface area (Å²) in [5.74, 6) is 0.481. The molecule has 1 aromatic heterocycles. The van der Waals surface area contributed by atoms with E-state index in [4.69, 9.17) is 5.26 Å². The molecule has 102 valence electrons. The molecule has 4 heteroatoms. The lowest BCUT2D eigenvalue weighted by Crippen LogP contribution is -2.24. The average molecular weight is 259 g/mol. The van der Waals surface area contributed by atoms with Gasteiger partial charge in [-0.25, -0.2) is 4.98 Å². The van der Waals surface area contributed by atoms with E-state index < -0.39 is 0 Å². The number of hydrogen-bond acceptors (Lipinski definition) is 4. The normalized spacial score (nSPS) is 22.7. The molecule has 1 aliphatic rings. The highest BCUT2D eigenvalue weighted by molar-refractivity contribution is 5.42. The van der Waals surface area contributed by atoms with Crippen LogP contribution in [-0.2, 0) is 0 Å². The lowest BCUT2D eigenvalue weighted by atomic mass is 9.83. The van der Waals surface area contributed by atoms with Crippen LogP contribution in [0.3, 0.4) is 0 Å². The van der Waals surface area contributed by atoms with Gasteiger partial charge < -0.3 is 10.4 Å². The molecule has 1 aliphatic carbocycles. The van der Waals surface area contributed by atoms with Gasteiger partial charge in [0.1, 0.15) is 11.8 Å². The van der Waals surface area contributed by atoms with Gasteiger partial charge in [-0.1, -0.05) is 12.8 Å². The van der Waals surface area contributed by atoms with Crippen LogP contribution in [0.5, 0.6) is 0 Å². The van der Waals surface area contributed by atoms with Gasteiger partial charge in [0.05, 0.1) is 18.0 Å². The molecule has 1 fully saturated rings. The summed E-state index contributed by atoms with van der Waals surface area (Å²) in [6, 6.07) is 5.59. The number of hydrogen-bond donors (Lipinski definition) is 2. The minimum atomic E-state index is -0.0923. The van der Waals surface area contributed by atoms with Crippen LogP contribution in [0.15, 0.2) is 18.3 Å². The number of aromatic nitrogens is 1. The third kappa shape index (κ3) is 4.22. The molecule has 0 aliphatic heterocycles. The molecule has 0 bridgehead atoms. The van der Waals surface area contributed by atoms with E-state index in [1.165, 1.54) is 19.3 Å². The summed E-state index contributed by atoms with van der Waals surface area (Å²) >= 11 is 0. The van der Waals surface area contributed by atoms with Gasteiger partial charge in [-0.05, 0) is 43.7 Å². The van der Waals surface area contributed by atoms with Crippen molar-refractivity contribution in [2.45, 2.75) is 44.6 Å². The van der Waals surface area contributed by atoms with E-state index in [2.05, 4.69) is 10.3 Å². The zero-order valence-corrected chi connectivity index (χ0v) is 11.2. The monoisotopic (exact) mass is 259 g/mol. The molecule has 0 amide bonds. The second-order valence-electron chi connectivity index (χ2n) is 5.22. The van der Waals surface area contributed by atoms with Crippen molar-refractivity contribution in [2.75, 3.05) is 11.9 Å². The number of nitriles is 1. The molecule has 1 aromatic rings. The van der Waals surface area contributed by atoms with Crippen LogP contribution < -0.4 is 5.32 Å². The molecule has 2 N–H and O–H groups in total. The number of aliphatic hydroxyl groups excluding tert-OH is 1. The summed E-state index contributed by atoms with van der Waals surface area (Å²) in [7, 11) is 0. The Kier molecular flexibility index (Phi) is 5.17. The Morgan fingerprint density at radius 2 is 2.21 bits per heavy atom. The lowest BCUT2D eigenvalue weighted by molar-refractivity contribution is 0.0648. The molecular weight excluding hydrogens is 238 g/mol. The Bertz CT molecular complexity index is 424. The summed E-state index contributed by atoms with van der Waals surface area (Å²) in [5, 5.41) is 21.8.